The summed E-state index contributed by atoms with van der Waals surface area (Å²) >= 11 is 0. The van der Waals surface area contributed by atoms with E-state index in [9.17, 15) is 18.3 Å². The van der Waals surface area contributed by atoms with E-state index < -0.39 is 9.84 Å². The number of sulfone groups is 1. The van der Waals surface area contributed by atoms with Gasteiger partial charge in [0.1, 0.15) is 5.78 Å². The summed E-state index contributed by atoms with van der Waals surface area (Å²) in [5.74, 6) is 1.74. The van der Waals surface area contributed by atoms with Gasteiger partial charge in [0.25, 0.3) is 0 Å². The molecule has 3 fully saturated rings. The quantitative estimate of drug-likeness (QED) is 0.388. The van der Waals surface area contributed by atoms with E-state index in [0.29, 0.717) is 35.4 Å². The highest BCUT2D eigenvalue weighted by Gasteiger charge is 2.61. The molecule has 0 bridgehead atoms. The van der Waals surface area contributed by atoms with Crippen LogP contribution in [0.2, 0.25) is 0 Å². The number of carbonyl (C=O) groups excluding carboxylic acids is 1. The first-order valence-corrected chi connectivity index (χ1v) is 17.0. The second-order valence-corrected chi connectivity index (χ2v) is 13.5. The van der Waals surface area contributed by atoms with E-state index in [0.717, 1.165) is 38.5 Å². The molecule has 0 spiro atoms. The van der Waals surface area contributed by atoms with Crippen molar-refractivity contribution in [3.05, 3.63) is 42.0 Å². The van der Waals surface area contributed by atoms with Crippen molar-refractivity contribution in [1.82, 2.24) is 0 Å². The number of allylic oxidation sites excluding steroid dienone is 1. The third kappa shape index (κ3) is 6.14. The van der Waals surface area contributed by atoms with Crippen LogP contribution in [0, 0.1) is 34.5 Å². The minimum atomic E-state index is -3.30. The molecule has 4 aliphatic rings. The Morgan fingerprint density at radius 3 is 2.21 bits per heavy atom. The van der Waals surface area contributed by atoms with Crippen molar-refractivity contribution in [2.45, 2.75) is 118 Å². The van der Waals surface area contributed by atoms with E-state index in [1.807, 2.05) is 47.6 Å². The molecule has 216 valence electrons. The molecule has 0 radical (unpaired) electrons. The van der Waals surface area contributed by atoms with Crippen LogP contribution in [0.1, 0.15) is 107 Å². The Morgan fingerprint density at radius 1 is 0.947 bits per heavy atom. The Balaban J connectivity index is 0.000000791. The molecule has 5 heteroatoms. The maximum atomic E-state index is 13.7. The predicted molar refractivity (Wildman–Crippen MR) is 159 cm³/mol. The van der Waals surface area contributed by atoms with Crippen molar-refractivity contribution in [2.24, 2.45) is 34.5 Å². The maximum Gasteiger partial charge on any atom is 0.178 e. The van der Waals surface area contributed by atoms with Crippen LogP contribution in [0.5, 0.6) is 0 Å². The van der Waals surface area contributed by atoms with Crippen LogP contribution in [0.4, 0.5) is 0 Å². The lowest BCUT2D eigenvalue weighted by Crippen LogP contribution is -2.54. The summed E-state index contributed by atoms with van der Waals surface area (Å²) in [6.45, 7) is 16.5. The first kappa shape index (κ1) is 32.8. The van der Waals surface area contributed by atoms with E-state index in [-0.39, 0.29) is 34.5 Å². The summed E-state index contributed by atoms with van der Waals surface area (Å²) in [7, 11) is -3.30. The van der Waals surface area contributed by atoms with Crippen LogP contribution in [0.25, 0.3) is 0 Å². The zero-order valence-electron chi connectivity index (χ0n) is 25.3. The molecule has 0 saturated heterocycles. The number of aliphatic hydroxyl groups is 1. The summed E-state index contributed by atoms with van der Waals surface area (Å²) in [4.78, 5) is 14.1. The molecule has 1 aromatic carbocycles. The van der Waals surface area contributed by atoms with Gasteiger partial charge in [0, 0.05) is 12.3 Å². The monoisotopic (exact) mass is 546 g/mol. The summed E-state index contributed by atoms with van der Waals surface area (Å²) in [6.07, 6.45) is 8.75. The molecular formula is C33H54O4S. The smallest absolute Gasteiger partial charge is 0.178 e. The SMILES string of the molecule is CC.CC.CC.CC12CCC(O)CC1=CCC1C2C(=O)CC2(C)C1CC[C@@H]2CCS(=O)(=O)c1ccccc1. The predicted octanol–water partition coefficient (Wildman–Crippen LogP) is 8.05. The van der Waals surface area contributed by atoms with E-state index in [2.05, 4.69) is 19.9 Å². The lowest BCUT2D eigenvalue weighted by molar-refractivity contribution is -0.144. The van der Waals surface area contributed by atoms with Gasteiger partial charge < -0.3 is 5.11 Å². The molecule has 5 rings (SSSR count). The Kier molecular flexibility index (Phi) is 11.8. The van der Waals surface area contributed by atoms with Gasteiger partial charge in [-0.3, -0.25) is 4.79 Å². The molecule has 4 nitrogen and oxygen atoms in total. The highest BCUT2D eigenvalue weighted by atomic mass is 32.2. The topological polar surface area (TPSA) is 71.4 Å². The number of hydrogen-bond acceptors (Lipinski definition) is 4. The zero-order valence-corrected chi connectivity index (χ0v) is 26.1. The fourth-order valence-corrected chi connectivity index (χ4v) is 9.49. The van der Waals surface area contributed by atoms with Crippen LogP contribution in [-0.4, -0.2) is 31.2 Å². The van der Waals surface area contributed by atoms with Crippen LogP contribution < -0.4 is 0 Å². The molecule has 1 N–H and O–H groups in total. The van der Waals surface area contributed by atoms with Crippen molar-refractivity contribution < 1.29 is 18.3 Å². The molecule has 0 amide bonds. The summed E-state index contributed by atoms with van der Waals surface area (Å²) < 4.78 is 25.8. The fraction of sp³-hybridized carbons (Fsp3) is 0.727. The van der Waals surface area contributed by atoms with Crippen LogP contribution in [0.15, 0.2) is 46.9 Å². The minimum Gasteiger partial charge on any atom is -0.393 e. The molecule has 6 unspecified atom stereocenters. The van der Waals surface area contributed by atoms with Gasteiger partial charge in [-0.15, -0.1) is 0 Å². The fourth-order valence-electron chi connectivity index (χ4n) is 8.09. The molecule has 0 heterocycles. The number of aliphatic hydroxyl groups excluding tert-OH is 1. The largest absolute Gasteiger partial charge is 0.393 e. The van der Waals surface area contributed by atoms with Crippen molar-refractivity contribution in [3.8, 4) is 0 Å². The summed E-state index contributed by atoms with van der Waals surface area (Å²) in [5.41, 5.74) is 1.10. The van der Waals surface area contributed by atoms with Crippen LogP contribution in [-0.2, 0) is 14.6 Å². The molecule has 7 atom stereocenters. The molecule has 1 aromatic rings. The molecule has 3 saturated carbocycles. The van der Waals surface area contributed by atoms with E-state index in [4.69, 9.17) is 0 Å². The number of benzene rings is 1. The van der Waals surface area contributed by atoms with Crippen LogP contribution >= 0.6 is 0 Å². The third-order valence-corrected chi connectivity index (χ3v) is 11.6. The molecule has 0 aromatic heterocycles. The summed E-state index contributed by atoms with van der Waals surface area (Å²) in [5, 5.41) is 10.2. The number of fused-ring (bicyclic) bond motifs is 5. The van der Waals surface area contributed by atoms with Gasteiger partial charge in [0.15, 0.2) is 9.84 Å². The van der Waals surface area contributed by atoms with Crippen molar-refractivity contribution in [3.63, 3.8) is 0 Å². The second kappa shape index (κ2) is 13.7. The highest BCUT2D eigenvalue weighted by molar-refractivity contribution is 7.91. The summed E-state index contributed by atoms with van der Waals surface area (Å²) in [6, 6.07) is 8.74. The zero-order chi connectivity index (χ0) is 28.7. The third-order valence-electron chi connectivity index (χ3n) is 9.80. The number of rotatable bonds is 4. The van der Waals surface area contributed by atoms with Gasteiger partial charge in [-0.2, -0.15) is 0 Å². The standard InChI is InChI=1S/C27H36O4S.3C2H6/c1-26-14-12-20(28)16-19(26)8-10-22-23-11-9-18(27(23,2)17-24(29)25(22)26)13-15-32(30,31)21-6-4-3-5-7-21;3*1-2/h3-8,18,20,22-23,25,28H,9-17H2,1-2H3;3*1-2H3/t18-,20?,22?,23?,25?,26?,27?;;;/m1.../s1. The number of ketones is 1. The number of hydrogen-bond donors (Lipinski definition) is 1. The van der Waals surface area contributed by atoms with Gasteiger partial charge in [-0.1, -0.05) is 85.2 Å². The first-order valence-electron chi connectivity index (χ1n) is 15.3. The van der Waals surface area contributed by atoms with Gasteiger partial charge in [-0.05, 0) is 85.7 Å². The van der Waals surface area contributed by atoms with E-state index in [1.165, 1.54) is 5.57 Å². The van der Waals surface area contributed by atoms with E-state index in [1.54, 1.807) is 24.3 Å². The van der Waals surface area contributed by atoms with Gasteiger partial charge >= 0.3 is 0 Å². The molecule has 4 aliphatic carbocycles. The Labute approximate surface area is 233 Å². The maximum absolute atomic E-state index is 13.7. The van der Waals surface area contributed by atoms with Crippen molar-refractivity contribution in [2.75, 3.05) is 5.75 Å². The van der Waals surface area contributed by atoms with Crippen LogP contribution in [0.3, 0.4) is 0 Å². The molecule has 38 heavy (non-hydrogen) atoms. The Hall–Kier alpha value is -1.46. The van der Waals surface area contributed by atoms with E-state index >= 15 is 0 Å². The van der Waals surface area contributed by atoms with Gasteiger partial charge in [0.05, 0.1) is 16.8 Å². The van der Waals surface area contributed by atoms with Gasteiger partial charge in [0.2, 0.25) is 0 Å². The molecular weight excluding hydrogens is 492 g/mol. The Bertz CT molecular complexity index is 1030. The first-order chi connectivity index (χ1) is 18.1. The average molecular weight is 547 g/mol. The van der Waals surface area contributed by atoms with Crippen molar-refractivity contribution >= 4 is 15.6 Å². The molecule has 0 aliphatic heterocycles. The van der Waals surface area contributed by atoms with Crippen molar-refractivity contribution in [1.29, 1.82) is 0 Å². The average Bonchev–Trinajstić information content (AvgIpc) is 3.27. The normalized spacial score (nSPS) is 35.3. The lowest BCUT2D eigenvalue weighted by atomic mass is 9.47. The highest BCUT2D eigenvalue weighted by Crippen LogP contribution is 2.65. The Morgan fingerprint density at radius 2 is 1.58 bits per heavy atom. The number of carbonyl (C=O) groups is 1. The number of Topliss-reactive ketones (excluding diaryl/α,β-unsaturated/α-hetero) is 1. The van der Waals surface area contributed by atoms with Gasteiger partial charge in [-0.25, -0.2) is 8.42 Å². The lowest BCUT2D eigenvalue weighted by Gasteiger charge is -2.57. The minimum absolute atomic E-state index is 0.0693. The second-order valence-electron chi connectivity index (χ2n) is 11.4.